The molecule has 3 rings (SSSR count). The summed E-state index contributed by atoms with van der Waals surface area (Å²) >= 11 is 0. The second-order valence-electron chi connectivity index (χ2n) is 5.80. The third-order valence-corrected chi connectivity index (χ3v) is 3.82. The number of anilines is 1. The van der Waals surface area contributed by atoms with Crippen molar-refractivity contribution in [3.8, 4) is 11.1 Å². The molecule has 2 aromatic carbocycles. The minimum atomic E-state index is -4.81. The number of rotatable bonds is 2. The van der Waals surface area contributed by atoms with Crippen LogP contribution in [0, 0.1) is 17.5 Å². The average Bonchev–Trinajstić information content (AvgIpc) is 2.87. The van der Waals surface area contributed by atoms with Crippen LogP contribution in [0.15, 0.2) is 48.2 Å². The van der Waals surface area contributed by atoms with E-state index in [-0.39, 0.29) is 16.8 Å². The highest BCUT2D eigenvalue weighted by Crippen LogP contribution is 2.40. The van der Waals surface area contributed by atoms with E-state index in [0.29, 0.717) is 23.2 Å². The SMILES string of the molecule is CC1(F)C=C(C(F)(F)F)NN1c1ccccc1-c1cc(F)c(F)c(F)c1. The van der Waals surface area contributed by atoms with E-state index < -0.39 is 35.1 Å². The van der Waals surface area contributed by atoms with Gasteiger partial charge in [-0.25, -0.2) is 22.6 Å². The summed E-state index contributed by atoms with van der Waals surface area (Å²) in [6, 6.07) is 6.82. The van der Waals surface area contributed by atoms with Crippen LogP contribution < -0.4 is 10.4 Å². The van der Waals surface area contributed by atoms with Crippen LogP contribution in [0.4, 0.5) is 36.4 Å². The van der Waals surface area contributed by atoms with E-state index in [9.17, 15) is 30.7 Å². The van der Waals surface area contributed by atoms with E-state index in [1.165, 1.54) is 24.3 Å². The van der Waals surface area contributed by atoms with Gasteiger partial charge in [0.1, 0.15) is 5.70 Å². The molecule has 26 heavy (non-hydrogen) atoms. The second-order valence-corrected chi connectivity index (χ2v) is 5.80. The molecule has 0 amide bonds. The van der Waals surface area contributed by atoms with Crippen molar-refractivity contribution in [2.24, 2.45) is 0 Å². The van der Waals surface area contributed by atoms with Gasteiger partial charge in [-0.05, 0) is 30.7 Å². The molecule has 1 aliphatic rings. The van der Waals surface area contributed by atoms with Crippen molar-refractivity contribution in [1.82, 2.24) is 5.43 Å². The zero-order valence-corrected chi connectivity index (χ0v) is 13.1. The summed E-state index contributed by atoms with van der Waals surface area (Å²) in [6.45, 7) is 0.890. The molecule has 0 saturated carbocycles. The van der Waals surface area contributed by atoms with Gasteiger partial charge in [0.05, 0.1) is 5.69 Å². The van der Waals surface area contributed by atoms with E-state index in [1.54, 1.807) is 0 Å². The Labute approximate surface area is 143 Å². The average molecular weight is 376 g/mol. The number of alkyl halides is 4. The number of para-hydroxylation sites is 1. The van der Waals surface area contributed by atoms with Crippen LogP contribution in [0.25, 0.3) is 11.1 Å². The highest BCUT2D eigenvalue weighted by molar-refractivity contribution is 5.79. The molecule has 0 saturated heterocycles. The molecule has 2 nitrogen and oxygen atoms in total. The Morgan fingerprint density at radius 3 is 2.12 bits per heavy atom. The summed E-state index contributed by atoms with van der Waals surface area (Å²) < 4.78 is 93.7. The first-order valence-corrected chi connectivity index (χ1v) is 7.30. The van der Waals surface area contributed by atoms with Crippen molar-refractivity contribution in [2.45, 2.75) is 18.9 Å². The summed E-state index contributed by atoms with van der Waals surface area (Å²) in [5, 5.41) is 0.588. The van der Waals surface area contributed by atoms with Crippen molar-refractivity contribution >= 4 is 5.69 Å². The van der Waals surface area contributed by atoms with Gasteiger partial charge >= 0.3 is 6.18 Å². The number of nitrogens with zero attached hydrogens (tertiary/aromatic N) is 1. The summed E-state index contributed by atoms with van der Waals surface area (Å²) in [7, 11) is 0. The Bertz CT molecular complexity index is 864. The van der Waals surface area contributed by atoms with Crippen LogP contribution >= 0.6 is 0 Å². The smallest absolute Gasteiger partial charge is 0.291 e. The number of benzene rings is 2. The molecule has 1 N–H and O–H groups in total. The van der Waals surface area contributed by atoms with Crippen molar-refractivity contribution in [1.29, 1.82) is 0 Å². The Morgan fingerprint density at radius 2 is 1.58 bits per heavy atom. The lowest BCUT2D eigenvalue weighted by Crippen LogP contribution is -2.45. The maximum absolute atomic E-state index is 14.7. The fraction of sp³-hybridized carbons (Fsp3) is 0.176. The van der Waals surface area contributed by atoms with Crippen LogP contribution in [-0.4, -0.2) is 12.0 Å². The third kappa shape index (κ3) is 3.09. The minimum Gasteiger partial charge on any atom is -0.291 e. The summed E-state index contributed by atoms with van der Waals surface area (Å²) in [5.74, 6) is -7.19. The van der Waals surface area contributed by atoms with Crippen molar-refractivity contribution in [3.63, 3.8) is 0 Å². The molecule has 0 aliphatic carbocycles. The monoisotopic (exact) mass is 376 g/mol. The molecule has 0 aromatic heterocycles. The van der Waals surface area contributed by atoms with Gasteiger partial charge in [-0.3, -0.25) is 5.43 Å². The molecule has 1 heterocycles. The van der Waals surface area contributed by atoms with Crippen LogP contribution in [0.2, 0.25) is 0 Å². The van der Waals surface area contributed by atoms with Gasteiger partial charge in [0.25, 0.3) is 0 Å². The molecular formula is C17H11F7N2. The topological polar surface area (TPSA) is 15.3 Å². The maximum atomic E-state index is 14.7. The minimum absolute atomic E-state index is 0.0125. The fourth-order valence-electron chi connectivity index (χ4n) is 2.65. The molecule has 0 fully saturated rings. The molecule has 1 aliphatic heterocycles. The normalized spacial score (nSPS) is 20.2. The van der Waals surface area contributed by atoms with Crippen LogP contribution in [0.3, 0.4) is 0 Å². The van der Waals surface area contributed by atoms with E-state index in [0.717, 1.165) is 6.92 Å². The van der Waals surface area contributed by atoms with E-state index in [1.807, 2.05) is 5.43 Å². The largest absolute Gasteiger partial charge is 0.432 e. The quantitative estimate of drug-likeness (QED) is 0.439. The predicted octanol–water partition coefficient (Wildman–Crippen LogP) is 5.23. The maximum Gasteiger partial charge on any atom is 0.432 e. The molecule has 1 atom stereocenters. The molecule has 9 heteroatoms. The van der Waals surface area contributed by atoms with Gasteiger partial charge in [0, 0.05) is 11.6 Å². The van der Waals surface area contributed by atoms with E-state index in [2.05, 4.69) is 0 Å². The van der Waals surface area contributed by atoms with Crippen molar-refractivity contribution < 1.29 is 30.7 Å². The Hall–Kier alpha value is -2.71. The zero-order valence-electron chi connectivity index (χ0n) is 13.1. The Kier molecular flexibility index (Phi) is 4.12. The van der Waals surface area contributed by atoms with Gasteiger partial charge in [-0.2, -0.15) is 13.2 Å². The van der Waals surface area contributed by atoms with E-state index in [4.69, 9.17) is 0 Å². The second kappa shape index (κ2) is 5.93. The Morgan fingerprint density at radius 1 is 1.00 bits per heavy atom. The number of nitrogens with one attached hydrogen (secondary N) is 1. The lowest BCUT2D eigenvalue weighted by Gasteiger charge is -2.31. The molecule has 138 valence electrons. The highest BCUT2D eigenvalue weighted by atomic mass is 19.4. The summed E-state index contributed by atoms with van der Waals surface area (Å²) in [5.41, 5.74) is 0.352. The fourth-order valence-corrected chi connectivity index (χ4v) is 2.65. The van der Waals surface area contributed by atoms with Gasteiger partial charge < -0.3 is 0 Å². The number of hydrogen-bond acceptors (Lipinski definition) is 2. The first-order valence-electron chi connectivity index (χ1n) is 7.30. The molecule has 0 radical (unpaired) electrons. The molecular weight excluding hydrogens is 365 g/mol. The molecule has 1 unspecified atom stereocenters. The number of halogens is 7. The number of hydrogen-bond donors (Lipinski definition) is 1. The summed E-state index contributed by atoms with van der Waals surface area (Å²) in [6.07, 6.45) is -4.46. The first kappa shape index (κ1) is 18.1. The molecule has 2 aromatic rings. The standard InChI is InChI=1S/C17H11F7N2/c1-16(21)8-14(17(22,23)24)25-26(16)13-5-3-2-4-10(13)9-6-11(18)15(20)12(19)7-9/h2-8,25H,1H3. The lowest BCUT2D eigenvalue weighted by molar-refractivity contribution is -0.0958. The predicted molar refractivity (Wildman–Crippen MR) is 81.0 cm³/mol. The van der Waals surface area contributed by atoms with Gasteiger partial charge in [0.15, 0.2) is 17.5 Å². The van der Waals surface area contributed by atoms with Gasteiger partial charge in [0.2, 0.25) is 5.79 Å². The summed E-state index contributed by atoms with van der Waals surface area (Å²) in [4.78, 5) is 0. The highest BCUT2D eigenvalue weighted by Gasteiger charge is 2.46. The van der Waals surface area contributed by atoms with E-state index >= 15 is 0 Å². The number of hydrazine groups is 1. The van der Waals surface area contributed by atoms with Crippen LogP contribution in [-0.2, 0) is 0 Å². The molecule has 0 bridgehead atoms. The lowest BCUT2D eigenvalue weighted by atomic mass is 10.0. The van der Waals surface area contributed by atoms with Gasteiger partial charge in [-0.1, -0.05) is 18.2 Å². The zero-order chi connectivity index (χ0) is 19.3. The third-order valence-electron chi connectivity index (χ3n) is 3.82. The Balaban J connectivity index is 2.10. The van der Waals surface area contributed by atoms with Crippen molar-refractivity contribution in [3.05, 3.63) is 65.6 Å². The van der Waals surface area contributed by atoms with Crippen LogP contribution in [0.5, 0.6) is 0 Å². The molecule has 0 spiro atoms. The van der Waals surface area contributed by atoms with Crippen molar-refractivity contribution in [2.75, 3.05) is 5.01 Å². The first-order chi connectivity index (χ1) is 12.0. The number of allylic oxidation sites excluding steroid dienone is 1. The van der Waals surface area contributed by atoms with Gasteiger partial charge in [-0.15, -0.1) is 0 Å². The van der Waals surface area contributed by atoms with Crippen LogP contribution in [0.1, 0.15) is 6.92 Å².